The Bertz CT molecular complexity index is 1140. The number of anilines is 1. The number of hydrogen-bond acceptors (Lipinski definition) is 5. The molecule has 8 nitrogen and oxygen atoms in total. The van der Waals surface area contributed by atoms with Crippen LogP contribution in [0.3, 0.4) is 0 Å². The van der Waals surface area contributed by atoms with Gasteiger partial charge in [0.15, 0.2) is 0 Å². The van der Waals surface area contributed by atoms with Crippen LogP contribution in [0.2, 0.25) is 10.0 Å². The number of nitrogens with one attached hydrogen (secondary N) is 1. The van der Waals surface area contributed by atoms with Crippen molar-refractivity contribution in [2.75, 3.05) is 30.8 Å². The Kier molecular flexibility index (Phi) is 11.3. The lowest BCUT2D eigenvalue weighted by Crippen LogP contribution is -2.47. The van der Waals surface area contributed by atoms with Crippen LogP contribution in [-0.4, -0.2) is 57.6 Å². The van der Waals surface area contributed by atoms with Gasteiger partial charge in [-0.1, -0.05) is 42.3 Å². The zero-order chi connectivity index (χ0) is 26.9. The number of sulfonamides is 1. The van der Waals surface area contributed by atoms with E-state index < -0.39 is 16.1 Å². The first kappa shape index (κ1) is 29.7. The number of rotatable bonds is 13. The van der Waals surface area contributed by atoms with Gasteiger partial charge in [-0.3, -0.25) is 13.9 Å². The van der Waals surface area contributed by atoms with E-state index in [2.05, 4.69) is 5.32 Å². The molecule has 0 bridgehead atoms. The van der Waals surface area contributed by atoms with Crippen LogP contribution in [0.25, 0.3) is 0 Å². The predicted octanol–water partition coefficient (Wildman–Crippen LogP) is 4.49. The van der Waals surface area contributed by atoms with Gasteiger partial charge in [-0.2, -0.15) is 0 Å². The first-order valence-electron chi connectivity index (χ1n) is 11.6. The molecule has 2 aromatic rings. The van der Waals surface area contributed by atoms with Gasteiger partial charge in [-0.25, -0.2) is 8.42 Å². The topological polar surface area (TPSA) is 96.0 Å². The summed E-state index contributed by atoms with van der Waals surface area (Å²) < 4.78 is 31.3. The second kappa shape index (κ2) is 13.7. The van der Waals surface area contributed by atoms with Crippen LogP contribution in [0.15, 0.2) is 42.5 Å². The van der Waals surface area contributed by atoms with Crippen LogP contribution >= 0.6 is 23.2 Å². The highest BCUT2D eigenvalue weighted by molar-refractivity contribution is 7.92. The monoisotopic (exact) mass is 557 g/mol. The molecule has 0 aromatic heterocycles. The van der Waals surface area contributed by atoms with Crippen LogP contribution in [0.4, 0.5) is 5.69 Å². The summed E-state index contributed by atoms with van der Waals surface area (Å²) in [6.45, 7) is 4.39. The highest BCUT2D eigenvalue weighted by Crippen LogP contribution is 2.31. The first-order chi connectivity index (χ1) is 17.0. The van der Waals surface area contributed by atoms with Crippen molar-refractivity contribution < 1.29 is 22.7 Å². The van der Waals surface area contributed by atoms with E-state index in [0.717, 1.165) is 22.5 Å². The van der Waals surface area contributed by atoms with Gasteiger partial charge in [0.1, 0.15) is 11.8 Å². The number of halogens is 2. The second-order valence-corrected chi connectivity index (χ2v) is 11.1. The van der Waals surface area contributed by atoms with E-state index in [1.54, 1.807) is 32.2 Å². The highest BCUT2D eigenvalue weighted by atomic mass is 35.5. The summed E-state index contributed by atoms with van der Waals surface area (Å²) in [4.78, 5) is 27.5. The molecular formula is C25H33Cl2N3O5S. The third-order valence-electron chi connectivity index (χ3n) is 5.56. The molecule has 0 aliphatic rings. The van der Waals surface area contributed by atoms with Crippen molar-refractivity contribution >= 4 is 50.7 Å². The highest BCUT2D eigenvalue weighted by Gasteiger charge is 2.27. The van der Waals surface area contributed by atoms with Crippen molar-refractivity contribution in [1.29, 1.82) is 0 Å². The van der Waals surface area contributed by atoms with E-state index in [1.165, 1.54) is 17.0 Å². The molecule has 2 aromatic carbocycles. The smallest absolute Gasteiger partial charge is 0.242 e. The summed E-state index contributed by atoms with van der Waals surface area (Å²) in [6, 6.07) is 11.1. The van der Waals surface area contributed by atoms with E-state index >= 15 is 0 Å². The molecule has 198 valence electrons. The van der Waals surface area contributed by atoms with Crippen molar-refractivity contribution in [2.24, 2.45) is 0 Å². The SMILES string of the molecule is CCCNC(=O)[C@@H](C)N(Cc1ccc(OC)cc1)C(=O)CCCN(c1cc(Cl)ccc1Cl)S(C)(=O)=O. The number of amides is 2. The molecule has 2 rings (SSSR count). The molecule has 36 heavy (non-hydrogen) atoms. The van der Waals surface area contributed by atoms with Crippen molar-refractivity contribution in [3.63, 3.8) is 0 Å². The fourth-order valence-electron chi connectivity index (χ4n) is 3.57. The summed E-state index contributed by atoms with van der Waals surface area (Å²) in [7, 11) is -2.11. The van der Waals surface area contributed by atoms with E-state index in [1.807, 2.05) is 19.1 Å². The molecule has 1 atom stereocenters. The maximum Gasteiger partial charge on any atom is 0.242 e. The molecule has 0 saturated carbocycles. The fourth-order valence-corrected chi connectivity index (χ4v) is 4.97. The average molecular weight is 559 g/mol. The molecule has 0 aliphatic heterocycles. The maximum absolute atomic E-state index is 13.3. The van der Waals surface area contributed by atoms with Gasteiger partial charge in [-0.15, -0.1) is 0 Å². The molecule has 2 amide bonds. The van der Waals surface area contributed by atoms with Crippen molar-refractivity contribution in [1.82, 2.24) is 10.2 Å². The lowest BCUT2D eigenvalue weighted by Gasteiger charge is -2.29. The van der Waals surface area contributed by atoms with Crippen molar-refractivity contribution in [3.8, 4) is 5.75 Å². The molecule has 0 heterocycles. The molecular weight excluding hydrogens is 525 g/mol. The molecule has 0 unspecified atom stereocenters. The van der Waals surface area contributed by atoms with E-state index in [4.69, 9.17) is 27.9 Å². The molecule has 0 fully saturated rings. The lowest BCUT2D eigenvalue weighted by molar-refractivity contribution is -0.140. The molecule has 0 aliphatic carbocycles. The summed E-state index contributed by atoms with van der Waals surface area (Å²) in [5.41, 5.74) is 1.09. The largest absolute Gasteiger partial charge is 0.497 e. The third kappa shape index (κ3) is 8.57. The van der Waals surface area contributed by atoms with Crippen LogP contribution in [-0.2, 0) is 26.2 Å². The zero-order valence-electron chi connectivity index (χ0n) is 21.0. The summed E-state index contributed by atoms with van der Waals surface area (Å²) in [5.74, 6) is 0.170. The number of nitrogens with zero attached hydrogens (tertiary/aromatic N) is 2. The standard InChI is InChI=1S/C25H33Cl2N3O5S/c1-5-14-28-25(32)18(2)29(17-19-8-11-21(35-3)12-9-19)24(31)7-6-15-30(36(4,33)34)23-16-20(26)10-13-22(23)27/h8-13,16,18H,5-7,14-15,17H2,1-4H3,(H,28,32)/t18-/m1/s1. The minimum absolute atomic E-state index is 0.0252. The molecule has 0 saturated heterocycles. The number of ether oxygens (including phenoxy) is 1. The zero-order valence-corrected chi connectivity index (χ0v) is 23.3. The second-order valence-electron chi connectivity index (χ2n) is 8.37. The van der Waals surface area contributed by atoms with E-state index in [9.17, 15) is 18.0 Å². The normalized spacial score (nSPS) is 12.1. The summed E-state index contributed by atoms with van der Waals surface area (Å²) in [5, 5.41) is 3.41. The molecule has 0 radical (unpaired) electrons. The van der Waals surface area contributed by atoms with Gasteiger partial charge in [0.25, 0.3) is 0 Å². The number of methoxy groups -OCH3 is 1. The summed E-state index contributed by atoms with van der Waals surface area (Å²) >= 11 is 12.3. The number of carbonyl (C=O) groups excluding carboxylic acids is 2. The quantitative estimate of drug-likeness (QED) is 0.391. The van der Waals surface area contributed by atoms with E-state index in [0.29, 0.717) is 17.3 Å². The van der Waals surface area contributed by atoms with E-state index in [-0.39, 0.29) is 48.5 Å². The Balaban J connectivity index is 2.19. The maximum atomic E-state index is 13.3. The summed E-state index contributed by atoms with van der Waals surface area (Å²) in [6.07, 6.45) is 2.10. The van der Waals surface area contributed by atoms with Crippen molar-refractivity contribution in [3.05, 3.63) is 58.1 Å². The Morgan fingerprint density at radius 3 is 2.36 bits per heavy atom. The Morgan fingerprint density at radius 2 is 1.78 bits per heavy atom. The van der Waals surface area contributed by atoms with Gasteiger partial charge in [0.2, 0.25) is 21.8 Å². The van der Waals surface area contributed by atoms with Gasteiger partial charge >= 0.3 is 0 Å². The number of hydrogen-bond donors (Lipinski definition) is 1. The van der Waals surface area contributed by atoms with Crippen LogP contribution in [0, 0.1) is 0 Å². The predicted molar refractivity (Wildman–Crippen MR) is 144 cm³/mol. The molecule has 0 spiro atoms. The molecule has 11 heteroatoms. The number of benzene rings is 2. The average Bonchev–Trinajstić information content (AvgIpc) is 2.84. The van der Waals surface area contributed by atoms with Gasteiger partial charge in [-0.05, 0) is 55.7 Å². The fraction of sp³-hybridized carbons (Fsp3) is 0.440. The lowest BCUT2D eigenvalue weighted by atomic mass is 10.1. The Hall–Kier alpha value is -2.49. The third-order valence-corrected chi connectivity index (χ3v) is 7.29. The van der Waals surface area contributed by atoms with Gasteiger partial charge in [0.05, 0.1) is 24.1 Å². The van der Waals surface area contributed by atoms with Crippen LogP contribution < -0.4 is 14.4 Å². The molecule has 1 N–H and O–H groups in total. The van der Waals surface area contributed by atoms with Gasteiger partial charge in [0, 0.05) is 31.1 Å². The minimum atomic E-state index is -3.68. The Labute approximate surface area is 223 Å². The van der Waals surface area contributed by atoms with Crippen molar-refractivity contribution in [2.45, 2.75) is 45.7 Å². The Morgan fingerprint density at radius 1 is 1.11 bits per heavy atom. The van der Waals surface area contributed by atoms with Crippen LogP contribution in [0.5, 0.6) is 5.75 Å². The number of carbonyl (C=O) groups is 2. The first-order valence-corrected chi connectivity index (χ1v) is 14.2. The van der Waals surface area contributed by atoms with Crippen LogP contribution in [0.1, 0.15) is 38.7 Å². The van der Waals surface area contributed by atoms with Gasteiger partial charge < -0.3 is 15.0 Å². The minimum Gasteiger partial charge on any atom is -0.497 e.